The van der Waals surface area contributed by atoms with Crippen LogP contribution in [0.5, 0.6) is 0 Å². The van der Waals surface area contributed by atoms with Crippen molar-refractivity contribution in [3.05, 3.63) is 53.8 Å². The minimum Gasteiger partial charge on any atom is -0.377 e. The number of hydrogen-bond donors (Lipinski definition) is 1. The highest BCUT2D eigenvalue weighted by molar-refractivity contribution is 7.03. The number of hydrogen-bond acceptors (Lipinski definition) is 6. The van der Waals surface area contributed by atoms with Crippen molar-refractivity contribution < 1.29 is 0 Å². The van der Waals surface area contributed by atoms with Crippen LogP contribution >= 0.6 is 11.5 Å². The molecule has 0 saturated heterocycles. The first kappa shape index (κ1) is 11.7. The maximum absolute atomic E-state index is 4.34. The van der Waals surface area contributed by atoms with Crippen LogP contribution in [0.4, 0.5) is 5.69 Å². The standard InChI is InChI=1S/C13H11N5S/c1-2-4-10(5-3-1)13-15-6-11(7-16-13)14-8-12-9-19-18-17-12/h1-7,9,14H,8H2. The van der Waals surface area contributed by atoms with Gasteiger partial charge in [0, 0.05) is 10.9 Å². The molecule has 0 spiro atoms. The van der Waals surface area contributed by atoms with E-state index < -0.39 is 0 Å². The van der Waals surface area contributed by atoms with Gasteiger partial charge in [-0.25, -0.2) is 9.97 Å². The van der Waals surface area contributed by atoms with E-state index >= 15 is 0 Å². The number of aromatic nitrogens is 4. The lowest BCUT2D eigenvalue weighted by Crippen LogP contribution is -2.01. The Morgan fingerprint density at radius 3 is 2.53 bits per heavy atom. The average Bonchev–Trinajstić information content (AvgIpc) is 3.00. The second-order valence-corrected chi connectivity index (χ2v) is 4.52. The zero-order chi connectivity index (χ0) is 12.9. The molecule has 2 heterocycles. The molecule has 6 heteroatoms. The van der Waals surface area contributed by atoms with Crippen LogP contribution < -0.4 is 5.32 Å². The summed E-state index contributed by atoms with van der Waals surface area (Å²) in [6.07, 6.45) is 3.55. The van der Waals surface area contributed by atoms with E-state index in [1.807, 2.05) is 35.7 Å². The van der Waals surface area contributed by atoms with Gasteiger partial charge < -0.3 is 5.32 Å². The fourth-order valence-corrected chi connectivity index (χ4v) is 2.06. The van der Waals surface area contributed by atoms with Crippen LogP contribution in [-0.2, 0) is 6.54 Å². The highest BCUT2D eigenvalue weighted by Crippen LogP contribution is 2.15. The second kappa shape index (κ2) is 5.53. The molecule has 0 saturated carbocycles. The van der Waals surface area contributed by atoms with E-state index in [1.165, 1.54) is 11.5 Å². The Balaban J connectivity index is 1.69. The lowest BCUT2D eigenvalue weighted by molar-refractivity contribution is 0.993. The molecular formula is C13H11N5S. The van der Waals surface area contributed by atoms with Gasteiger partial charge in [0.15, 0.2) is 5.82 Å². The number of rotatable bonds is 4. The molecule has 0 aliphatic carbocycles. The molecule has 3 aromatic rings. The maximum atomic E-state index is 4.34. The fourth-order valence-electron chi connectivity index (χ4n) is 1.61. The zero-order valence-electron chi connectivity index (χ0n) is 10.0. The van der Waals surface area contributed by atoms with Crippen LogP contribution in [0.3, 0.4) is 0 Å². The van der Waals surface area contributed by atoms with Gasteiger partial charge in [0.05, 0.1) is 30.3 Å². The highest BCUT2D eigenvalue weighted by atomic mass is 32.1. The van der Waals surface area contributed by atoms with Crippen LogP contribution in [0, 0.1) is 0 Å². The van der Waals surface area contributed by atoms with Crippen molar-refractivity contribution in [2.45, 2.75) is 6.54 Å². The highest BCUT2D eigenvalue weighted by Gasteiger charge is 2.01. The van der Waals surface area contributed by atoms with E-state index in [9.17, 15) is 0 Å². The summed E-state index contributed by atoms with van der Waals surface area (Å²) >= 11 is 1.34. The summed E-state index contributed by atoms with van der Waals surface area (Å²) in [5, 5.41) is 9.08. The summed E-state index contributed by atoms with van der Waals surface area (Å²) in [6.45, 7) is 0.630. The summed E-state index contributed by atoms with van der Waals surface area (Å²) < 4.78 is 3.81. The van der Waals surface area contributed by atoms with Gasteiger partial charge in [0.25, 0.3) is 0 Å². The summed E-state index contributed by atoms with van der Waals surface area (Å²) in [5.41, 5.74) is 2.79. The van der Waals surface area contributed by atoms with Gasteiger partial charge in [0.1, 0.15) is 0 Å². The molecular weight excluding hydrogens is 258 g/mol. The van der Waals surface area contributed by atoms with Gasteiger partial charge >= 0.3 is 0 Å². The quantitative estimate of drug-likeness (QED) is 0.788. The van der Waals surface area contributed by atoms with Crippen LogP contribution in [-0.4, -0.2) is 19.6 Å². The summed E-state index contributed by atoms with van der Waals surface area (Å²) in [7, 11) is 0. The largest absolute Gasteiger partial charge is 0.377 e. The van der Waals surface area contributed by atoms with Gasteiger partial charge in [0.2, 0.25) is 0 Å². The van der Waals surface area contributed by atoms with E-state index in [-0.39, 0.29) is 0 Å². The first-order valence-corrected chi connectivity index (χ1v) is 6.63. The van der Waals surface area contributed by atoms with Crippen molar-refractivity contribution >= 4 is 17.2 Å². The molecule has 0 amide bonds. The summed E-state index contributed by atoms with van der Waals surface area (Å²) in [6, 6.07) is 9.90. The molecule has 19 heavy (non-hydrogen) atoms. The molecule has 5 nitrogen and oxygen atoms in total. The van der Waals surface area contributed by atoms with E-state index in [0.29, 0.717) is 6.54 Å². The first-order chi connectivity index (χ1) is 9.42. The third-order valence-corrected chi connectivity index (χ3v) is 3.12. The monoisotopic (exact) mass is 269 g/mol. The van der Waals surface area contributed by atoms with E-state index in [1.54, 1.807) is 12.4 Å². The van der Waals surface area contributed by atoms with E-state index in [4.69, 9.17) is 0 Å². The molecule has 1 N–H and O–H groups in total. The molecule has 0 aliphatic heterocycles. The summed E-state index contributed by atoms with van der Waals surface area (Å²) in [5.74, 6) is 0.724. The Kier molecular flexibility index (Phi) is 3.42. The van der Waals surface area contributed by atoms with Crippen LogP contribution in [0.1, 0.15) is 5.69 Å². The number of nitrogens with one attached hydrogen (secondary N) is 1. The van der Waals surface area contributed by atoms with Gasteiger partial charge in [-0.3, -0.25) is 0 Å². The Bertz CT molecular complexity index is 622. The number of nitrogens with zero attached hydrogens (tertiary/aromatic N) is 4. The van der Waals surface area contributed by atoms with Crippen LogP contribution in [0.2, 0.25) is 0 Å². The van der Waals surface area contributed by atoms with Crippen molar-refractivity contribution in [2.75, 3.05) is 5.32 Å². The first-order valence-electron chi connectivity index (χ1n) is 5.79. The van der Waals surface area contributed by atoms with Gasteiger partial charge in [-0.15, -0.1) is 5.10 Å². The van der Waals surface area contributed by atoms with Crippen molar-refractivity contribution in [1.29, 1.82) is 0 Å². The Labute approximate surface area is 114 Å². The Morgan fingerprint density at radius 2 is 1.84 bits per heavy atom. The third kappa shape index (κ3) is 2.92. The van der Waals surface area contributed by atoms with Crippen molar-refractivity contribution in [3.8, 4) is 11.4 Å². The maximum Gasteiger partial charge on any atom is 0.159 e. The molecule has 1 aromatic carbocycles. The lowest BCUT2D eigenvalue weighted by Gasteiger charge is -2.04. The molecule has 0 bridgehead atoms. The molecule has 0 fully saturated rings. The van der Waals surface area contributed by atoms with Crippen molar-refractivity contribution in [2.24, 2.45) is 0 Å². The summed E-state index contributed by atoms with van der Waals surface area (Å²) in [4.78, 5) is 8.68. The molecule has 2 aromatic heterocycles. The Hall–Kier alpha value is -2.34. The zero-order valence-corrected chi connectivity index (χ0v) is 10.8. The predicted molar refractivity (Wildman–Crippen MR) is 74.7 cm³/mol. The molecule has 3 rings (SSSR count). The molecule has 0 atom stereocenters. The molecule has 0 radical (unpaired) electrons. The molecule has 94 valence electrons. The minimum absolute atomic E-state index is 0.630. The van der Waals surface area contributed by atoms with Gasteiger partial charge in [-0.2, -0.15) is 0 Å². The SMILES string of the molecule is c1ccc(-c2ncc(NCc3csnn3)cn2)cc1. The van der Waals surface area contributed by atoms with Crippen molar-refractivity contribution in [3.63, 3.8) is 0 Å². The smallest absolute Gasteiger partial charge is 0.159 e. The third-order valence-electron chi connectivity index (χ3n) is 2.56. The van der Waals surface area contributed by atoms with Crippen LogP contribution in [0.25, 0.3) is 11.4 Å². The molecule has 0 aliphatic rings. The topological polar surface area (TPSA) is 63.6 Å². The fraction of sp³-hybridized carbons (Fsp3) is 0.0769. The number of anilines is 1. The van der Waals surface area contributed by atoms with Gasteiger partial charge in [-0.1, -0.05) is 34.8 Å². The lowest BCUT2D eigenvalue weighted by atomic mass is 10.2. The van der Waals surface area contributed by atoms with E-state index in [2.05, 4.69) is 24.9 Å². The van der Waals surface area contributed by atoms with E-state index in [0.717, 1.165) is 22.8 Å². The van der Waals surface area contributed by atoms with Crippen LogP contribution in [0.15, 0.2) is 48.1 Å². The Morgan fingerprint density at radius 1 is 1.05 bits per heavy atom. The van der Waals surface area contributed by atoms with Crippen molar-refractivity contribution in [1.82, 2.24) is 19.6 Å². The number of benzene rings is 1. The molecule has 0 unspecified atom stereocenters. The average molecular weight is 269 g/mol. The van der Waals surface area contributed by atoms with Gasteiger partial charge in [-0.05, 0) is 11.5 Å². The predicted octanol–water partition coefficient (Wildman–Crippen LogP) is 2.61. The second-order valence-electron chi connectivity index (χ2n) is 3.91. The minimum atomic E-state index is 0.630. The normalized spacial score (nSPS) is 10.3.